The van der Waals surface area contributed by atoms with Gasteiger partial charge in [-0.25, -0.2) is 4.79 Å². The number of anilines is 1. The van der Waals surface area contributed by atoms with Gasteiger partial charge >= 0.3 is 12.2 Å². The number of fused-ring (bicyclic) bond motifs is 1. The highest BCUT2D eigenvalue weighted by molar-refractivity contribution is 6.31. The minimum atomic E-state index is -4.65. The Labute approximate surface area is 187 Å². The first-order chi connectivity index (χ1) is 15.0. The van der Waals surface area contributed by atoms with Crippen molar-refractivity contribution in [1.82, 2.24) is 10.2 Å². The van der Waals surface area contributed by atoms with Crippen molar-refractivity contribution in [3.8, 4) is 11.5 Å². The maximum atomic E-state index is 13.0. The summed E-state index contributed by atoms with van der Waals surface area (Å²) in [4.78, 5) is 25.8. The molecule has 1 aliphatic rings. The quantitative estimate of drug-likeness (QED) is 0.674. The maximum Gasteiger partial charge on any atom is 0.417 e. The second kappa shape index (κ2) is 9.56. The van der Waals surface area contributed by atoms with Gasteiger partial charge in [0.25, 0.3) is 0 Å². The van der Waals surface area contributed by atoms with Crippen LogP contribution in [0, 0.1) is 0 Å². The number of amides is 3. The van der Waals surface area contributed by atoms with Crippen LogP contribution in [0.1, 0.15) is 24.1 Å². The zero-order valence-corrected chi connectivity index (χ0v) is 18.0. The third kappa shape index (κ3) is 5.76. The predicted molar refractivity (Wildman–Crippen MR) is 112 cm³/mol. The molecule has 0 spiro atoms. The third-order valence-electron chi connectivity index (χ3n) is 4.69. The molecule has 0 unspecified atom stereocenters. The molecule has 0 saturated carbocycles. The molecule has 3 rings (SSSR count). The zero-order chi connectivity index (χ0) is 23.5. The minimum Gasteiger partial charge on any atom is -0.486 e. The van der Waals surface area contributed by atoms with Crippen molar-refractivity contribution in [2.75, 3.05) is 32.1 Å². The van der Waals surface area contributed by atoms with Gasteiger partial charge in [-0.3, -0.25) is 4.79 Å². The van der Waals surface area contributed by atoms with E-state index in [2.05, 4.69) is 10.6 Å². The molecule has 0 fully saturated rings. The van der Waals surface area contributed by atoms with Crippen molar-refractivity contribution < 1.29 is 32.2 Å². The summed E-state index contributed by atoms with van der Waals surface area (Å²) in [6.07, 6.45) is -4.65. The highest BCUT2D eigenvalue weighted by Gasteiger charge is 2.33. The number of likely N-dealkylation sites (N-methyl/N-ethyl adjacent to an activating group) is 1. The first-order valence-corrected chi connectivity index (χ1v) is 10.00. The molecule has 2 aromatic carbocycles. The number of hydrogen-bond donors (Lipinski definition) is 2. The topological polar surface area (TPSA) is 79.9 Å². The molecule has 7 nitrogen and oxygen atoms in total. The summed E-state index contributed by atoms with van der Waals surface area (Å²) in [6.45, 7) is 2.30. The molecule has 1 heterocycles. The molecule has 3 amide bonds. The molecule has 1 aliphatic heterocycles. The van der Waals surface area contributed by atoms with Crippen LogP contribution in [-0.4, -0.2) is 43.6 Å². The molecular formula is C21H21ClF3N3O4. The van der Waals surface area contributed by atoms with Gasteiger partial charge in [-0.05, 0) is 42.8 Å². The molecule has 1 atom stereocenters. The molecule has 172 valence electrons. The average Bonchev–Trinajstić information content (AvgIpc) is 2.73. The number of alkyl halides is 3. The number of rotatable bonds is 5. The van der Waals surface area contributed by atoms with Crippen molar-refractivity contribution in [2.24, 2.45) is 0 Å². The highest BCUT2D eigenvalue weighted by Crippen LogP contribution is 2.36. The molecular weight excluding hydrogens is 451 g/mol. The molecule has 0 aromatic heterocycles. The minimum absolute atomic E-state index is 0.0785. The first kappa shape index (κ1) is 23.5. The van der Waals surface area contributed by atoms with Gasteiger partial charge in [0, 0.05) is 12.7 Å². The van der Waals surface area contributed by atoms with Crippen molar-refractivity contribution >= 4 is 29.2 Å². The van der Waals surface area contributed by atoms with Gasteiger partial charge in [-0.15, -0.1) is 0 Å². The van der Waals surface area contributed by atoms with Crippen LogP contribution in [0.25, 0.3) is 0 Å². The summed E-state index contributed by atoms with van der Waals surface area (Å²) in [5.41, 5.74) is -0.359. The summed E-state index contributed by atoms with van der Waals surface area (Å²) in [6, 6.07) is 7.43. The van der Waals surface area contributed by atoms with E-state index < -0.39 is 34.7 Å². The Balaban J connectivity index is 1.56. The number of nitrogens with zero attached hydrogens (tertiary/aromatic N) is 1. The largest absolute Gasteiger partial charge is 0.486 e. The number of nitrogens with one attached hydrogen (secondary N) is 2. The van der Waals surface area contributed by atoms with E-state index in [1.807, 2.05) is 0 Å². The number of halogens is 4. The van der Waals surface area contributed by atoms with Gasteiger partial charge in [0.15, 0.2) is 11.5 Å². The van der Waals surface area contributed by atoms with E-state index in [1.165, 1.54) is 13.1 Å². The number of benzene rings is 2. The van der Waals surface area contributed by atoms with Gasteiger partial charge in [0.2, 0.25) is 5.91 Å². The SMILES string of the molecule is C[C@@H](NC(=O)N(C)CC(=O)Nc1ccc(Cl)c(C(F)(F)F)c1)c1ccc2c(c1)OCCO2. The van der Waals surface area contributed by atoms with Crippen molar-refractivity contribution in [3.05, 3.63) is 52.5 Å². The van der Waals surface area contributed by atoms with Gasteiger partial charge in [0.1, 0.15) is 19.8 Å². The van der Waals surface area contributed by atoms with E-state index in [9.17, 15) is 22.8 Å². The molecule has 11 heteroatoms. The van der Waals surface area contributed by atoms with Crippen LogP contribution in [0.3, 0.4) is 0 Å². The standard InChI is InChI=1S/C21H21ClF3N3O4/c1-12(13-3-6-17-18(9-13)32-8-7-31-17)26-20(30)28(2)11-19(29)27-14-4-5-16(22)15(10-14)21(23,24)25/h3-6,9-10,12H,7-8,11H2,1-2H3,(H,26,30)(H,27,29)/t12-/m1/s1. The summed E-state index contributed by atoms with van der Waals surface area (Å²) >= 11 is 5.57. The normalized spacial score (nSPS) is 13.8. The van der Waals surface area contributed by atoms with Crippen LogP contribution in [0.4, 0.5) is 23.7 Å². The van der Waals surface area contributed by atoms with E-state index in [0.29, 0.717) is 24.7 Å². The Morgan fingerprint density at radius 3 is 2.50 bits per heavy atom. The molecule has 0 bridgehead atoms. The Hall–Kier alpha value is -3.14. The van der Waals surface area contributed by atoms with E-state index in [1.54, 1.807) is 25.1 Å². The van der Waals surface area contributed by atoms with E-state index in [0.717, 1.165) is 22.6 Å². The fourth-order valence-electron chi connectivity index (χ4n) is 3.02. The predicted octanol–water partition coefficient (Wildman–Crippen LogP) is 4.47. The average molecular weight is 472 g/mol. The van der Waals surface area contributed by atoms with Gasteiger partial charge < -0.3 is 25.0 Å². The summed E-state index contributed by atoms with van der Waals surface area (Å²) in [7, 11) is 1.40. The van der Waals surface area contributed by atoms with Crippen LogP contribution in [0.2, 0.25) is 5.02 Å². The number of hydrogen-bond acceptors (Lipinski definition) is 4. The van der Waals surface area contributed by atoms with E-state index in [-0.39, 0.29) is 12.2 Å². The molecule has 0 radical (unpaired) electrons. The van der Waals surface area contributed by atoms with Crippen LogP contribution < -0.4 is 20.1 Å². The number of carbonyl (C=O) groups is 2. The molecule has 0 aliphatic carbocycles. The molecule has 0 saturated heterocycles. The van der Waals surface area contributed by atoms with Crippen LogP contribution in [-0.2, 0) is 11.0 Å². The lowest BCUT2D eigenvalue weighted by molar-refractivity contribution is -0.137. The molecule has 2 aromatic rings. The maximum absolute atomic E-state index is 13.0. The molecule has 2 N–H and O–H groups in total. The van der Waals surface area contributed by atoms with Crippen molar-refractivity contribution in [3.63, 3.8) is 0 Å². The van der Waals surface area contributed by atoms with Crippen LogP contribution >= 0.6 is 11.6 Å². The fraction of sp³-hybridized carbons (Fsp3) is 0.333. The van der Waals surface area contributed by atoms with E-state index >= 15 is 0 Å². The molecule has 32 heavy (non-hydrogen) atoms. The smallest absolute Gasteiger partial charge is 0.417 e. The van der Waals surface area contributed by atoms with Crippen molar-refractivity contribution in [1.29, 1.82) is 0 Å². The summed E-state index contributed by atoms with van der Waals surface area (Å²) in [5.74, 6) is 0.553. The lowest BCUT2D eigenvalue weighted by atomic mass is 10.1. The third-order valence-corrected chi connectivity index (χ3v) is 5.02. The monoisotopic (exact) mass is 471 g/mol. The van der Waals surface area contributed by atoms with Crippen molar-refractivity contribution in [2.45, 2.75) is 19.1 Å². The highest BCUT2D eigenvalue weighted by atomic mass is 35.5. The second-order valence-electron chi connectivity index (χ2n) is 7.17. The lowest BCUT2D eigenvalue weighted by Gasteiger charge is -2.23. The first-order valence-electron chi connectivity index (χ1n) is 9.62. The van der Waals surface area contributed by atoms with Crippen LogP contribution in [0.15, 0.2) is 36.4 Å². The Bertz CT molecular complexity index is 1020. The fourth-order valence-corrected chi connectivity index (χ4v) is 3.24. The Morgan fingerprint density at radius 2 is 1.81 bits per heavy atom. The van der Waals surface area contributed by atoms with Gasteiger partial charge in [-0.1, -0.05) is 17.7 Å². The van der Waals surface area contributed by atoms with Gasteiger partial charge in [0.05, 0.1) is 16.6 Å². The Morgan fingerprint density at radius 1 is 1.12 bits per heavy atom. The number of urea groups is 1. The lowest BCUT2D eigenvalue weighted by Crippen LogP contribution is -2.42. The number of carbonyl (C=O) groups excluding carboxylic acids is 2. The summed E-state index contributed by atoms with van der Waals surface area (Å²) in [5, 5.41) is 4.62. The van der Waals surface area contributed by atoms with Gasteiger partial charge in [-0.2, -0.15) is 13.2 Å². The number of ether oxygens (including phenoxy) is 2. The van der Waals surface area contributed by atoms with Crippen LogP contribution in [0.5, 0.6) is 11.5 Å². The Kier molecular flexibility index (Phi) is 7.02. The summed E-state index contributed by atoms with van der Waals surface area (Å²) < 4.78 is 49.9. The zero-order valence-electron chi connectivity index (χ0n) is 17.3. The van der Waals surface area contributed by atoms with E-state index in [4.69, 9.17) is 21.1 Å². The second-order valence-corrected chi connectivity index (χ2v) is 7.58.